The highest BCUT2D eigenvalue weighted by atomic mass is 32.2. The van der Waals surface area contributed by atoms with Crippen LogP contribution in [0.5, 0.6) is 0 Å². The van der Waals surface area contributed by atoms with E-state index >= 15 is 0 Å². The largest absolute Gasteiger partial charge is 0.311 e. The second-order valence-electron chi connectivity index (χ2n) is 7.14. The molecule has 1 N–H and O–H groups in total. The molecule has 0 aromatic heterocycles. The zero-order chi connectivity index (χ0) is 15.3. The highest BCUT2D eigenvalue weighted by Crippen LogP contribution is 2.18. The molecule has 1 rings (SSSR count). The van der Waals surface area contributed by atoms with Gasteiger partial charge in [-0.2, -0.15) is 0 Å². The van der Waals surface area contributed by atoms with Crippen LogP contribution < -0.4 is 5.32 Å². The molecular formula is C15H32N2O2S. The van der Waals surface area contributed by atoms with Crippen LogP contribution in [0.2, 0.25) is 0 Å². The standard InChI is InChI=1S/C15H32N2O2S/c1-12(2)8-14-11-17(6-7-20(5,18)19)15(10-16-14)9-13(3)4/h12-16H,6-11H2,1-5H3. The van der Waals surface area contributed by atoms with E-state index < -0.39 is 9.84 Å². The Hall–Kier alpha value is -0.130. The molecule has 0 spiro atoms. The lowest BCUT2D eigenvalue weighted by molar-refractivity contribution is 0.114. The van der Waals surface area contributed by atoms with E-state index in [1.165, 1.54) is 6.26 Å². The van der Waals surface area contributed by atoms with E-state index in [0.29, 0.717) is 30.5 Å². The molecule has 20 heavy (non-hydrogen) atoms. The van der Waals surface area contributed by atoms with Crippen LogP contribution >= 0.6 is 0 Å². The van der Waals surface area contributed by atoms with Crippen molar-refractivity contribution in [2.24, 2.45) is 11.8 Å². The Labute approximate surface area is 125 Å². The molecule has 1 heterocycles. The molecule has 1 aliphatic heterocycles. The molecule has 2 atom stereocenters. The Bertz CT molecular complexity index is 379. The lowest BCUT2D eigenvalue weighted by Crippen LogP contribution is -2.57. The topological polar surface area (TPSA) is 49.4 Å². The molecule has 0 aromatic carbocycles. The van der Waals surface area contributed by atoms with Crippen molar-refractivity contribution < 1.29 is 8.42 Å². The minimum Gasteiger partial charge on any atom is -0.311 e. The first kappa shape index (κ1) is 17.9. The SMILES string of the molecule is CC(C)CC1CN(CCS(C)(=O)=O)C(CC(C)C)CN1. The summed E-state index contributed by atoms with van der Waals surface area (Å²) in [6.07, 6.45) is 3.62. The number of rotatable bonds is 7. The predicted octanol–water partition coefficient (Wildman–Crippen LogP) is 1.77. The van der Waals surface area contributed by atoms with E-state index in [1.54, 1.807) is 0 Å². The molecule has 1 fully saturated rings. The third-order valence-corrected chi connectivity index (χ3v) is 4.79. The molecule has 5 heteroatoms. The van der Waals surface area contributed by atoms with Crippen LogP contribution in [-0.4, -0.2) is 57.0 Å². The Balaban J connectivity index is 2.62. The van der Waals surface area contributed by atoms with E-state index in [4.69, 9.17) is 0 Å². The van der Waals surface area contributed by atoms with E-state index in [1.807, 2.05) is 0 Å². The normalized spacial score (nSPS) is 25.6. The first-order valence-electron chi connectivity index (χ1n) is 7.82. The van der Waals surface area contributed by atoms with Gasteiger partial charge in [0.15, 0.2) is 0 Å². The fourth-order valence-electron chi connectivity index (χ4n) is 2.99. The van der Waals surface area contributed by atoms with Crippen LogP contribution in [0, 0.1) is 11.8 Å². The summed E-state index contributed by atoms with van der Waals surface area (Å²) in [5.41, 5.74) is 0. The smallest absolute Gasteiger partial charge is 0.148 e. The summed E-state index contributed by atoms with van der Waals surface area (Å²) in [6, 6.07) is 0.970. The van der Waals surface area contributed by atoms with Crippen molar-refractivity contribution in [1.82, 2.24) is 10.2 Å². The number of nitrogens with one attached hydrogen (secondary N) is 1. The van der Waals surface area contributed by atoms with Crippen LogP contribution in [0.15, 0.2) is 0 Å². The van der Waals surface area contributed by atoms with Crippen LogP contribution in [0.4, 0.5) is 0 Å². The number of hydrogen-bond donors (Lipinski definition) is 1. The second kappa shape index (κ2) is 7.76. The molecule has 0 aliphatic carbocycles. The Morgan fingerprint density at radius 2 is 1.75 bits per heavy atom. The van der Waals surface area contributed by atoms with Crippen molar-refractivity contribution in [2.75, 3.05) is 31.6 Å². The molecule has 120 valence electrons. The number of piperazine rings is 1. The molecule has 0 amide bonds. The van der Waals surface area contributed by atoms with Gasteiger partial charge in [0.1, 0.15) is 9.84 Å². The predicted molar refractivity (Wildman–Crippen MR) is 85.8 cm³/mol. The van der Waals surface area contributed by atoms with Gasteiger partial charge in [-0.1, -0.05) is 27.7 Å². The monoisotopic (exact) mass is 304 g/mol. The minimum atomic E-state index is -2.88. The first-order valence-corrected chi connectivity index (χ1v) is 9.88. The molecule has 0 saturated carbocycles. The molecular weight excluding hydrogens is 272 g/mol. The van der Waals surface area contributed by atoms with Crippen LogP contribution in [0.3, 0.4) is 0 Å². The maximum absolute atomic E-state index is 11.4. The van der Waals surface area contributed by atoms with Gasteiger partial charge in [-0.3, -0.25) is 4.90 Å². The quantitative estimate of drug-likeness (QED) is 0.779. The third-order valence-electron chi connectivity index (χ3n) is 3.86. The lowest BCUT2D eigenvalue weighted by Gasteiger charge is -2.41. The van der Waals surface area contributed by atoms with Crippen LogP contribution in [0.1, 0.15) is 40.5 Å². The van der Waals surface area contributed by atoms with E-state index in [2.05, 4.69) is 37.9 Å². The highest BCUT2D eigenvalue weighted by molar-refractivity contribution is 7.90. The summed E-state index contributed by atoms with van der Waals surface area (Å²) in [5, 5.41) is 3.64. The van der Waals surface area contributed by atoms with E-state index in [0.717, 1.165) is 25.9 Å². The molecule has 1 aliphatic rings. The zero-order valence-electron chi connectivity index (χ0n) is 13.7. The average molecular weight is 305 g/mol. The maximum atomic E-state index is 11.4. The fourth-order valence-corrected chi connectivity index (χ4v) is 3.56. The van der Waals surface area contributed by atoms with E-state index in [-0.39, 0.29) is 5.75 Å². The third kappa shape index (κ3) is 7.04. The molecule has 0 aromatic rings. The van der Waals surface area contributed by atoms with Gasteiger partial charge in [0.2, 0.25) is 0 Å². The summed E-state index contributed by atoms with van der Waals surface area (Å²) in [5.74, 6) is 1.59. The second-order valence-corrected chi connectivity index (χ2v) is 9.40. The van der Waals surface area contributed by atoms with Crippen molar-refractivity contribution >= 4 is 9.84 Å². The van der Waals surface area contributed by atoms with Gasteiger partial charge in [-0.05, 0) is 24.7 Å². The van der Waals surface area contributed by atoms with Crippen molar-refractivity contribution in [1.29, 1.82) is 0 Å². The zero-order valence-corrected chi connectivity index (χ0v) is 14.5. The Kier molecular flexibility index (Phi) is 6.95. The van der Waals surface area contributed by atoms with Gasteiger partial charge in [-0.15, -0.1) is 0 Å². The summed E-state index contributed by atoms with van der Waals surface area (Å²) >= 11 is 0. The van der Waals surface area contributed by atoms with Gasteiger partial charge in [0, 0.05) is 38.0 Å². The average Bonchev–Trinajstić information content (AvgIpc) is 2.26. The summed E-state index contributed by atoms with van der Waals surface area (Å²) in [6.45, 7) is 11.6. The number of nitrogens with zero attached hydrogens (tertiary/aromatic N) is 1. The Morgan fingerprint density at radius 3 is 2.25 bits per heavy atom. The molecule has 4 nitrogen and oxygen atoms in total. The minimum absolute atomic E-state index is 0.274. The summed E-state index contributed by atoms with van der Waals surface area (Å²) in [7, 11) is -2.88. The van der Waals surface area contributed by atoms with Gasteiger partial charge >= 0.3 is 0 Å². The van der Waals surface area contributed by atoms with Crippen molar-refractivity contribution in [2.45, 2.75) is 52.6 Å². The maximum Gasteiger partial charge on any atom is 0.148 e. The van der Waals surface area contributed by atoms with Gasteiger partial charge in [0.05, 0.1) is 5.75 Å². The molecule has 2 unspecified atom stereocenters. The van der Waals surface area contributed by atoms with Crippen LogP contribution in [-0.2, 0) is 9.84 Å². The van der Waals surface area contributed by atoms with Crippen molar-refractivity contribution in [3.05, 3.63) is 0 Å². The molecule has 0 bridgehead atoms. The number of sulfone groups is 1. The summed E-state index contributed by atoms with van der Waals surface area (Å²) in [4.78, 5) is 2.39. The van der Waals surface area contributed by atoms with Crippen molar-refractivity contribution in [3.63, 3.8) is 0 Å². The lowest BCUT2D eigenvalue weighted by atomic mass is 9.96. The van der Waals surface area contributed by atoms with Crippen LogP contribution in [0.25, 0.3) is 0 Å². The first-order chi connectivity index (χ1) is 9.17. The number of hydrogen-bond acceptors (Lipinski definition) is 4. The van der Waals surface area contributed by atoms with Gasteiger partial charge < -0.3 is 5.32 Å². The fraction of sp³-hybridized carbons (Fsp3) is 1.00. The van der Waals surface area contributed by atoms with Crippen molar-refractivity contribution in [3.8, 4) is 0 Å². The Morgan fingerprint density at radius 1 is 1.15 bits per heavy atom. The van der Waals surface area contributed by atoms with Gasteiger partial charge in [0.25, 0.3) is 0 Å². The highest BCUT2D eigenvalue weighted by Gasteiger charge is 2.28. The molecule has 1 saturated heterocycles. The van der Waals surface area contributed by atoms with Gasteiger partial charge in [-0.25, -0.2) is 8.42 Å². The molecule has 0 radical (unpaired) electrons. The summed E-state index contributed by atoms with van der Waals surface area (Å²) < 4.78 is 22.8. The van der Waals surface area contributed by atoms with E-state index in [9.17, 15) is 8.42 Å².